The van der Waals surface area contributed by atoms with Crippen LogP contribution in [0.2, 0.25) is 5.02 Å². The van der Waals surface area contributed by atoms with Gasteiger partial charge >= 0.3 is 0 Å². The summed E-state index contributed by atoms with van der Waals surface area (Å²) < 4.78 is 19.7. The molecule has 1 aromatic heterocycles. The molecule has 3 aromatic rings. The third-order valence-corrected chi connectivity index (χ3v) is 4.78. The Morgan fingerprint density at radius 2 is 1.93 bits per heavy atom. The molecular formula is C22H18ClFN2O3. The van der Waals surface area contributed by atoms with Gasteiger partial charge < -0.3 is 9.57 Å². The molecule has 0 unspecified atom stereocenters. The first-order valence-electron chi connectivity index (χ1n) is 9.16. The Morgan fingerprint density at radius 1 is 1.14 bits per heavy atom. The van der Waals surface area contributed by atoms with Crippen molar-refractivity contribution < 1.29 is 18.8 Å². The molecular weight excluding hydrogens is 395 g/mol. The van der Waals surface area contributed by atoms with Crippen LogP contribution in [-0.2, 0) is 4.79 Å². The van der Waals surface area contributed by atoms with Crippen LogP contribution in [0.4, 0.5) is 4.39 Å². The van der Waals surface area contributed by atoms with Crippen LogP contribution in [-0.4, -0.2) is 10.9 Å². The lowest BCUT2D eigenvalue weighted by Gasteiger charge is -2.14. The molecule has 5 nitrogen and oxygen atoms in total. The van der Waals surface area contributed by atoms with Gasteiger partial charge in [-0.2, -0.15) is 5.48 Å². The summed E-state index contributed by atoms with van der Waals surface area (Å²) in [7, 11) is 0. The first-order valence-corrected chi connectivity index (χ1v) is 9.54. The van der Waals surface area contributed by atoms with Crippen LogP contribution >= 0.6 is 11.6 Å². The van der Waals surface area contributed by atoms with E-state index in [1.807, 2.05) is 13.0 Å². The molecule has 148 valence electrons. The fourth-order valence-corrected chi connectivity index (χ4v) is 2.93. The van der Waals surface area contributed by atoms with Crippen LogP contribution in [0.25, 0.3) is 11.1 Å². The van der Waals surface area contributed by atoms with Gasteiger partial charge in [0.25, 0.3) is 5.91 Å². The van der Waals surface area contributed by atoms with Crippen molar-refractivity contribution in [1.82, 2.24) is 10.5 Å². The second-order valence-electron chi connectivity index (χ2n) is 6.88. The number of benzene rings is 2. The van der Waals surface area contributed by atoms with E-state index in [9.17, 15) is 9.18 Å². The zero-order valence-electron chi connectivity index (χ0n) is 15.6. The quantitative estimate of drug-likeness (QED) is 0.546. The number of carbonyl (C=O) groups excluding carboxylic acids is 1. The second-order valence-corrected chi connectivity index (χ2v) is 7.32. The molecule has 1 N–H and O–H groups in total. The highest BCUT2D eigenvalue weighted by molar-refractivity contribution is 6.30. The lowest BCUT2D eigenvalue weighted by atomic mass is 10.0. The number of hydroxylamine groups is 1. The van der Waals surface area contributed by atoms with Gasteiger partial charge in [0.2, 0.25) is 5.88 Å². The zero-order chi connectivity index (χ0) is 20.4. The third-order valence-electron chi connectivity index (χ3n) is 4.55. The van der Waals surface area contributed by atoms with Crippen LogP contribution in [0.1, 0.15) is 18.4 Å². The van der Waals surface area contributed by atoms with Gasteiger partial charge in [-0.15, -0.1) is 0 Å². The number of pyridine rings is 1. The molecule has 4 rings (SSSR count). The maximum absolute atomic E-state index is 13.9. The van der Waals surface area contributed by atoms with Crippen molar-refractivity contribution in [1.29, 1.82) is 0 Å². The third kappa shape index (κ3) is 4.66. The van der Waals surface area contributed by atoms with Crippen LogP contribution in [0.5, 0.6) is 17.4 Å². The number of amides is 1. The minimum absolute atomic E-state index is 0.0130. The molecule has 7 heteroatoms. The maximum Gasteiger partial charge on any atom is 0.255 e. The van der Waals surface area contributed by atoms with E-state index in [1.54, 1.807) is 24.3 Å². The molecule has 0 radical (unpaired) electrons. The summed E-state index contributed by atoms with van der Waals surface area (Å²) in [5, 5.41) is 0.525. The summed E-state index contributed by atoms with van der Waals surface area (Å²) in [5.74, 6) is 0.860. The number of carbonyl (C=O) groups is 1. The predicted octanol–water partition coefficient (Wildman–Crippen LogP) is 5.46. The van der Waals surface area contributed by atoms with Gasteiger partial charge in [-0.25, -0.2) is 9.37 Å². The van der Waals surface area contributed by atoms with E-state index in [-0.39, 0.29) is 11.8 Å². The highest BCUT2D eigenvalue weighted by atomic mass is 35.5. The highest BCUT2D eigenvalue weighted by Crippen LogP contribution is 2.35. The average Bonchev–Trinajstić information content (AvgIpc) is 3.55. The van der Waals surface area contributed by atoms with Gasteiger partial charge in [-0.3, -0.25) is 4.79 Å². The number of rotatable bonds is 6. The van der Waals surface area contributed by atoms with Crippen molar-refractivity contribution in [3.63, 3.8) is 0 Å². The van der Waals surface area contributed by atoms with E-state index in [0.717, 1.165) is 24.0 Å². The van der Waals surface area contributed by atoms with E-state index in [1.165, 1.54) is 24.4 Å². The van der Waals surface area contributed by atoms with Crippen LogP contribution in [0.15, 0.2) is 54.7 Å². The summed E-state index contributed by atoms with van der Waals surface area (Å²) in [5.41, 5.74) is 4.54. The smallest absolute Gasteiger partial charge is 0.255 e. The highest BCUT2D eigenvalue weighted by Gasteiger charge is 2.30. The molecule has 0 bridgehead atoms. The summed E-state index contributed by atoms with van der Waals surface area (Å²) in [6.07, 6.45) is 3.25. The van der Waals surface area contributed by atoms with Gasteiger partial charge in [0.15, 0.2) is 5.75 Å². The molecule has 0 spiro atoms. The number of ether oxygens (including phenoxy) is 1. The number of aromatic nitrogens is 1. The number of halogens is 2. The van der Waals surface area contributed by atoms with Crippen molar-refractivity contribution in [3.05, 3.63) is 71.1 Å². The van der Waals surface area contributed by atoms with Crippen LogP contribution in [0.3, 0.4) is 0 Å². The molecule has 29 heavy (non-hydrogen) atoms. The molecule has 1 fully saturated rings. The minimum Gasteiger partial charge on any atom is -0.439 e. The van der Waals surface area contributed by atoms with Crippen molar-refractivity contribution in [3.8, 4) is 28.5 Å². The van der Waals surface area contributed by atoms with E-state index < -0.39 is 5.82 Å². The normalized spacial score (nSPS) is 13.1. The largest absolute Gasteiger partial charge is 0.439 e. The lowest BCUT2D eigenvalue weighted by Crippen LogP contribution is -2.28. The van der Waals surface area contributed by atoms with Gasteiger partial charge in [0.1, 0.15) is 11.6 Å². The fourth-order valence-electron chi connectivity index (χ4n) is 2.82. The molecule has 0 saturated heterocycles. The molecule has 1 aliphatic carbocycles. The second kappa shape index (κ2) is 8.09. The molecule has 1 saturated carbocycles. The Labute approximate surface area is 172 Å². The van der Waals surface area contributed by atoms with Crippen LogP contribution in [0, 0.1) is 18.7 Å². The Bertz CT molecular complexity index is 1050. The number of hydrogen-bond donors (Lipinski definition) is 1. The number of hydrogen-bond acceptors (Lipinski definition) is 4. The van der Waals surface area contributed by atoms with Gasteiger partial charge in [-0.05, 0) is 67.3 Å². The Morgan fingerprint density at radius 3 is 2.62 bits per heavy atom. The van der Waals surface area contributed by atoms with Gasteiger partial charge in [0.05, 0.1) is 5.02 Å². The number of nitrogens with one attached hydrogen (secondary N) is 1. The number of nitrogens with zero attached hydrogens (tertiary/aromatic N) is 1. The van der Waals surface area contributed by atoms with E-state index in [4.69, 9.17) is 21.2 Å². The predicted molar refractivity (Wildman–Crippen MR) is 107 cm³/mol. The molecule has 0 aliphatic heterocycles. The summed E-state index contributed by atoms with van der Waals surface area (Å²) in [4.78, 5) is 21.4. The molecule has 2 aromatic carbocycles. The number of aryl methyl sites for hydroxylation is 1. The minimum atomic E-state index is -0.399. The average molecular weight is 413 g/mol. The van der Waals surface area contributed by atoms with E-state index in [0.29, 0.717) is 28.0 Å². The first-order chi connectivity index (χ1) is 14.0. The van der Waals surface area contributed by atoms with Gasteiger partial charge in [-0.1, -0.05) is 17.7 Å². The van der Waals surface area contributed by atoms with E-state index >= 15 is 0 Å². The topological polar surface area (TPSA) is 60.5 Å². The molecule has 1 aliphatic rings. The van der Waals surface area contributed by atoms with Gasteiger partial charge in [0, 0.05) is 23.7 Å². The Hall–Kier alpha value is -3.12. The first kappa shape index (κ1) is 19.2. The standard InChI is InChI=1S/C22H18ClFN2O3/c1-13-10-15(4-7-19(13)28-21-9-5-16(23)12-25-21)18-11-17(24)6-8-20(18)29-26-22(27)14-2-3-14/h4-12,14H,2-3H2,1H3,(H,26,27). The van der Waals surface area contributed by atoms with Crippen molar-refractivity contribution in [2.24, 2.45) is 5.92 Å². The zero-order valence-corrected chi connectivity index (χ0v) is 16.4. The molecule has 1 amide bonds. The lowest BCUT2D eigenvalue weighted by molar-refractivity contribution is -0.128. The van der Waals surface area contributed by atoms with Crippen molar-refractivity contribution in [2.45, 2.75) is 19.8 Å². The SMILES string of the molecule is Cc1cc(-c2cc(F)ccc2ONC(=O)C2CC2)ccc1Oc1ccc(Cl)cn1. The van der Waals surface area contributed by atoms with Crippen LogP contribution < -0.4 is 15.1 Å². The Kier molecular flexibility index (Phi) is 5.36. The fraction of sp³-hybridized carbons (Fsp3) is 0.182. The van der Waals surface area contributed by atoms with Crippen molar-refractivity contribution in [2.75, 3.05) is 0 Å². The summed E-state index contributed by atoms with van der Waals surface area (Å²) in [6, 6.07) is 13.0. The Balaban J connectivity index is 1.57. The molecule has 0 atom stereocenters. The monoisotopic (exact) mass is 412 g/mol. The summed E-state index contributed by atoms with van der Waals surface area (Å²) >= 11 is 5.84. The van der Waals surface area contributed by atoms with E-state index in [2.05, 4.69) is 10.5 Å². The summed E-state index contributed by atoms with van der Waals surface area (Å²) in [6.45, 7) is 1.88. The molecule has 1 heterocycles. The van der Waals surface area contributed by atoms with Crippen molar-refractivity contribution >= 4 is 17.5 Å². The maximum atomic E-state index is 13.9.